The largest absolute Gasteiger partial charge is 0.551 e. The van der Waals surface area contributed by atoms with Crippen molar-refractivity contribution in [3.63, 3.8) is 0 Å². The molecule has 0 spiro atoms. The Bertz CT molecular complexity index is 1700. The predicted molar refractivity (Wildman–Crippen MR) is 170 cm³/mol. The van der Waals surface area contributed by atoms with Crippen molar-refractivity contribution in [1.82, 2.24) is 0 Å². The maximum absolute atomic E-state index is 6.76. The topological polar surface area (TPSA) is 12.5 Å². The van der Waals surface area contributed by atoms with E-state index in [0.717, 1.165) is 11.3 Å². The van der Waals surface area contributed by atoms with Crippen LogP contribution in [0.25, 0.3) is 11.1 Å². The zero-order chi connectivity index (χ0) is 26.9. The second-order valence-corrected chi connectivity index (χ2v) is 15.9. The maximum atomic E-state index is 6.76. The zero-order valence-corrected chi connectivity index (χ0v) is 24.2. The molecular weight excluding hydrogens is 489 g/mol. The van der Waals surface area contributed by atoms with Crippen LogP contribution in [0.5, 0.6) is 5.75 Å². The van der Waals surface area contributed by atoms with Gasteiger partial charge in [0, 0.05) is 22.6 Å². The zero-order valence-electron chi connectivity index (χ0n) is 23.2. The molecule has 0 bridgehead atoms. The fourth-order valence-corrected chi connectivity index (χ4v) is 9.88. The third-order valence-corrected chi connectivity index (χ3v) is 12.2. The first kappa shape index (κ1) is 24.1. The van der Waals surface area contributed by atoms with Gasteiger partial charge in [0.05, 0.1) is 0 Å². The third-order valence-electron chi connectivity index (χ3n) is 8.64. The Morgan fingerprint density at radius 2 is 1.23 bits per heavy atom. The van der Waals surface area contributed by atoms with Crippen LogP contribution >= 0.6 is 0 Å². The van der Waals surface area contributed by atoms with Gasteiger partial charge in [0.25, 0.3) is 0 Å². The highest BCUT2D eigenvalue weighted by atomic mass is 28.3. The lowest BCUT2D eigenvalue weighted by Crippen LogP contribution is -2.58. The second-order valence-electron chi connectivity index (χ2n) is 11.6. The monoisotopic (exact) mass is 521 g/mol. The van der Waals surface area contributed by atoms with Crippen LogP contribution in [-0.4, -0.2) is 15.0 Å². The van der Waals surface area contributed by atoms with Crippen LogP contribution in [-0.2, 0) is 0 Å². The molecule has 0 N–H and O–H groups in total. The minimum atomic E-state index is -1.83. The summed E-state index contributed by atoms with van der Waals surface area (Å²) in [6.45, 7) is 11.4. The molecule has 0 amide bonds. The summed E-state index contributed by atoms with van der Waals surface area (Å²) in [5.41, 5.74) is 12.5. The molecule has 4 heteroatoms. The SMILES string of the molecule is Cc1cc(C)c(B2Oc3ccccc3-c3cc(N4c5ccccc5[Si](C)(C)c5ccccc54)ccc32)c(C)c1. The van der Waals surface area contributed by atoms with E-state index in [0.29, 0.717) is 0 Å². The van der Waals surface area contributed by atoms with E-state index in [1.54, 1.807) is 0 Å². The van der Waals surface area contributed by atoms with E-state index in [1.165, 1.54) is 60.6 Å². The number of nitrogens with zero attached hydrogens (tertiary/aromatic N) is 1. The van der Waals surface area contributed by atoms with Crippen molar-refractivity contribution >= 4 is 53.4 Å². The van der Waals surface area contributed by atoms with Crippen molar-refractivity contribution in [3.8, 4) is 16.9 Å². The van der Waals surface area contributed by atoms with Crippen LogP contribution in [0.4, 0.5) is 17.1 Å². The van der Waals surface area contributed by atoms with Crippen LogP contribution in [0.1, 0.15) is 16.7 Å². The molecule has 5 aromatic carbocycles. The molecule has 2 aliphatic heterocycles. The molecule has 2 aliphatic rings. The average molecular weight is 522 g/mol. The highest BCUT2D eigenvalue weighted by molar-refractivity contribution is 7.02. The molecule has 0 saturated heterocycles. The average Bonchev–Trinajstić information content (AvgIpc) is 2.93. The van der Waals surface area contributed by atoms with E-state index in [-0.39, 0.29) is 6.92 Å². The Morgan fingerprint density at radius 3 is 1.90 bits per heavy atom. The van der Waals surface area contributed by atoms with Gasteiger partial charge in [0.1, 0.15) is 13.8 Å². The van der Waals surface area contributed by atoms with E-state index < -0.39 is 8.07 Å². The molecule has 0 aromatic heterocycles. The predicted octanol–water partition coefficient (Wildman–Crippen LogP) is 6.38. The van der Waals surface area contributed by atoms with E-state index >= 15 is 0 Å². The van der Waals surface area contributed by atoms with Crippen molar-refractivity contribution in [3.05, 3.63) is 120 Å². The van der Waals surface area contributed by atoms with Crippen molar-refractivity contribution in [2.24, 2.45) is 0 Å². The van der Waals surface area contributed by atoms with Crippen LogP contribution < -0.4 is 30.9 Å². The molecule has 0 fully saturated rings. The van der Waals surface area contributed by atoms with Crippen molar-refractivity contribution < 1.29 is 4.65 Å². The molecule has 0 atom stereocenters. The summed E-state index contributed by atoms with van der Waals surface area (Å²) in [5.74, 6) is 0.944. The van der Waals surface area contributed by atoms with Crippen molar-refractivity contribution in [2.45, 2.75) is 33.9 Å². The lowest BCUT2D eigenvalue weighted by molar-refractivity contribution is 0.590. The number of aryl methyl sites for hydroxylation is 3. The number of fused-ring (bicyclic) bond motifs is 5. The van der Waals surface area contributed by atoms with Gasteiger partial charge in [-0.15, -0.1) is 0 Å². The molecule has 2 heterocycles. The Morgan fingerprint density at radius 1 is 0.641 bits per heavy atom. The summed E-state index contributed by atoms with van der Waals surface area (Å²) in [6, 6.07) is 38.0. The number of para-hydroxylation sites is 3. The molecule has 0 unspecified atom stereocenters. The Balaban J connectivity index is 1.46. The first-order valence-corrected chi connectivity index (χ1v) is 16.8. The van der Waals surface area contributed by atoms with E-state index in [2.05, 4.69) is 142 Å². The molecule has 0 aliphatic carbocycles. The maximum Gasteiger partial charge on any atom is 0.427 e. The third kappa shape index (κ3) is 3.62. The fourth-order valence-electron chi connectivity index (χ4n) is 6.89. The summed E-state index contributed by atoms with van der Waals surface area (Å²) in [5, 5.41) is 2.96. The number of rotatable bonds is 2. The summed E-state index contributed by atoms with van der Waals surface area (Å²) in [4.78, 5) is 2.47. The number of hydrogen-bond donors (Lipinski definition) is 0. The smallest absolute Gasteiger partial charge is 0.427 e. The van der Waals surface area contributed by atoms with Gasteiger partial charge in [-0.25, -0.2) is 0 Å². The Hall–Kier alpha value is -4.02. The minimum Gasteiger partial charge on any atom is -0.551 e. The molecule has 7 rings (SSSR count). The van der Waals surface area contributed by atoms with Gasteiger partial charge in [0.15, 0.2) is 0 Å². The number of benzene rings is 5. The molecule has 5 aromatic rings. The van der Waals surface area contributed by atoms with Gasteiger partial charge in [-0.3, -0.25) is 0 Å². The fraction of sp³-hybridized carbons (Fsp3) is 0.143. The van der Waals surface area contributed by atoms with E-state index in [1.807, 2.05) is 0 Å². The van der Waals surface area contributed by atoms with Crippen molar-refractivity contribution in [1.29, 1.82) is 0 Å². The van der Waals surface area contributed by atoms with Crippen LogP contribution in [0, 0.1) is 20.8 Å². The van der Waals surface area contributed by atoms with Gasteiger partial charge >= 0.3 is 6.92 Å². The minimum absolute atomic E-state index is 0.142. The number of anilines is 3. The van der Waals surface area contributed by atoms with E-state index in [9.17, 15) is 0 Å². The Labute approximate surface area is 233 Å². The molecular formula is C35H32BNOSi. The highest BCUT2D eigenvalue weighted by Crippen LogP contribution is 2.41. The first-order chi connectivity index (χ1) is 18.8. The molecule has 2 nitrogen and oxygen atoms in total. The highest BCUT2D eigenvalue weighted by Gasteiger charge is 2.39. The standard InChI is InChI=1S/C35H32BNOSi/c1-23-20-24(2)35(25(3)21-23)36-29-19-18-26(22-28(29)27-12-6-9-15-32(27)38-36)37-30-13-7-10-16-33(30)39(4,5)34-17-11-8-14-31(34)37/h6-22H,1-5H3. The molecule has 0 saturated carbocycles. The first-order valence-electron chi connectivity index (χ1n) is 13.8. The lowest BCUT2D eigenvalue weighted by Gasteiger charge is -2.41. The molecule has 190 valence electrons. The summed E-state index contributed by atoms with van der Waals surface area (Å²) in [7, 11) is -1.83. The van der Waals surface area contributed by atoms with Crippen LogP contribution in [0.3, 0.4) is 0 Å². The molecule has 39 heavy (non-hydrogen) atoms. The van der Waals surface area contributed by atoms with Crippen molar-refractivity contribution in [2.75, 3.05) is 4.90 Å². The number of hydrogen-bond acceptors (Lipinski definition) is 2. The van der Waals surface area contributed by atoms with Gasteiger partial charge in [-0.1, -0.05) is 103 Å². The van der Waals surface area contributed by atoms with Gasteiger partial charge < -0.3 is 9.55 Å². The van der Waals surface area contributed by atoms with Crippen LogP contribution in [0.2, 0.25) is 13.1 Å². The lowest BCUT2D eigenvalue weighted by atomic mass is 9.50. The van der Waals surface area contributed by atoms with Crippen LogP contribution in [0.15, 0.2) is 103 Å². The van der Waals surface area contributed by atoms with Gasteiger partial charge in [-0.05, 0) is 78.0 Å². The summed E-state index contributed by atoms with van der Waals surface area (Å²) in [6.07, 6.45) is 0. The van der Waals surface area contributed by atoms with Gasteiger partial charge in [-0.2, -0.15) is 0 Å². The van der Waals surface area contributed by atoms with E-state index in [4.69, 9.17) is 4.65 Å². The van der Waals surface area contributed by atoms with Gasteiger partial charge in [0.2, 0.25) is 0 Å². The Kier molecular flexibility index (Phi) is 5.40. The summed E-state index contributed by atoms with van der Waals surface area (Å²) >= 11 is 0. The second kappa shape index (κ2) is 8.75. The summed E-state index contributed by atoms with van der Waals surface area (Å²) < 4.78 is 6.76. The normalized spacial score (nSPS) is 14.6. The quantitative estimate of drug-likeness (QED) is 0.250. The molecule has 0 radical (unpaired) electrons.